The Balaban J connectivity index is 1.57. The number of benzene rings is 1. The third kappa shape index (κ3) is 3.80. The van der Waals surface area contributed by atoms with Crippen LogP contribution in [0.1, 0.15) is 32.1 Å². The van der Waals surface area contributed by atoms with Crippen molar-refractivity contribution in [3.8, 4) is 0 Å². The van der Waals surface area contributed by atoms with Gasteiger partial charge in [0, 0.05) is 31.0 Å². The van der Waals surface area contributed by atoms with Gasteiger partial charge in [-0.05, 0) is 70.0 Å². The maximum atomic E-state index is 12.4. The largest absolute Gasteiger partial charge is 0.372 e. The summed E-state index contributed by atoms with van der Waals surface area (Å²) in [7, 11) is 2.09. The average Bonchev–Trinajstić information content (AvgIpc) is 2.56. The molecule has 4 nitrogen and oxygen atoms in total. The van der Waals surface area contributed by atoms with Crippen LogP contribution in [0.2, 0.25) is 0 Å². The number of rotatable bonds is 3. The Bertz CT molecular complexity index is 494. The predicted molar refractivity (Wildman–Crippen MR) is 91.4 cm³/mol. The van der Waals surface area contributed by atoms with Crippen molar-refractivity contribution in [1.82, 2.24) is 4.90 Å². The number of piperidine rings is 2. The third-order valence-corrected chi connectivity index (χ3v) is 4.85. The normalized spacial score (nSPS) is 23.3. The van der Waals surface area contributed by atoms with E-state index < -0.39 is 0 Å². The van der Waals surface area contributed by atoms with E-state index in [9.17, 15) is 4.79 Å². The van der Waals surface area contributed by atoms with Crippen LogP contribution in [0.5, 0.6) is 0 Å². The number of carbonyl (C=O) groups excluding carboxylic acids is 1. The Labute approximate surface area is 133 Å². The molecule has 120 valence electrons. The van der Waals surface area contributed by atoms with Gasteiger partial charge in [0.2, 0.25) is 5.91 Å². The minimum atomic E-state index is 0.125. The number of carbonyl (C=O) groups is 1. The van der Waals surface area contributed by atoms with Gasteiger partial charge in [-0.25, -0.2) is 0 Å². The zero-order chi connectivity index (χ0) is 15.4. The van der Waals surface area contributed by atoms with Crippen molar-refractivity contribution in [2.75, 3.05) is 43.4 Å². The molecule has 3 rings (SSSR count). The van der Waals surface area contributed by atoms with E-state index in [2.05, 4.69) is 34.3 Å². The van der Waals surface area contributed by atoms with E-state index >= 15 is 0 Å². The summed E-state index contributed by atoms with van der Waals surface area (Å²) in [5.74, 6) is 0.290. The maximum Gasteiger partial charge on any atom is 0.228 e. The van der Waals surface area contributed by atoms with Crippen molar-refractivity contribution in [1.29, 1.82) is 0 Å². The van der Waals surface area contributed by atoms with Crippen molar-refractivity contribution in [3.05, 3.63) is 24.3 Å². The van der Waals surface area contributed by atoms with Crippen LogP contribution < -0.4 is 10.2 Å². The molecule has 2 heterocycles. The SMILES string of the molecule is CN1CCCC(C(=O)Nc2ccc(N3CCCCC3)cc2)C1. The summed E-state index contributed by atoms with van der Waals surface area (Å²) in [4.78, 5) is 17.0. The molecule has 0 radical (unpaired) electrons. The van der Waals surface area contributed by atoms with E-state index in [1.165, 1.54) is 24.9 Å². The second kappa shape index (κ2) is 7.14. The van der Waals surface area contributed by atoms with E-state index in [1.807, 2.05) is 12.1 Å². The fourth-order valence-corrected chi connectivity index (χ4v) is 3.53. The van der Waals surface area contributed by atoms with Crippen molar-refractivity contribution in [3.63, 3.8) is 0 Å². The molecule has 0 saturated carbocycles. The molecule has 2 saturated heterocycles. The summed E-state index contributed by atoms with van der Waals surface area (Å²) in [5.41, 5.74) is 2.19. The number of nitrogens with one attached hydrogen (secondary N) is 1. The van der Waals surface area contributed by atoms with Gasteiger partial charge >= 0.3 is 0 Å². The Kier molecular flexibility index (Phi) is 4.98. The lowest BCUT2D eigenvalue weighted by atomic mass is 9.97. The highest BCUT2D eigenvalue weighted by molar-refractivity contribution is 5.92. The summed E-state index contributed by atoms with van der Waals surface area (Å²) >= 11 is 0. The smallest absolute Gasteiger partial charge is 0.228 e. The first-order valence-electron chi connectivity index (χ1n) is 8.57. The Hall–Kier alpha value is -1.55. The molecule has 22 heavy (non-hydrogen) atoms. The highest BCUT2D eigenvalue weighted by Gasteiger charge is 2.23. The van der Waals surface area contributed by atoms with E-state index in [4.69, 9.17) is 0 Å². The maximum absolute atomic E-state index is 12.4. The first-order chi connectivity index (χ1) is 10.7. The minimum absolute atomic E-state index is 0.125. The summed E-state index contributed by atoms with van der Waals surface area (Å²) in [6.45, 7) is 4.28. The summed E-state index contributed by atoms with van der Waals surface area (Å²) in [6, 6.07) is 8.34. The van der Waals surface area contributed by atoms with Crippen molar-refractivity contribution in [2.45, 2.75) is 32.1 Å². The molecule has 2 aliphatic rings. The third-order valence-electron chi connectivity index (χ3n) is 4.85. The van der Waals surface area contributed by atoms with Crippen LogP contribution in [-0.4, -0.2) is 44.0 Å². The van der Waals surface area contributed by atoms with Gasteiger partial charge in [0.1, 0.15) is 0 Å². The molecule has 1 atom stereocenters. The predicted octanol–water partition coefficient (Wildman–Crippen LogP) is 2.96. The highest BCUT2D eigenvalue weighted by Crippen LogP contribution is 2.23. The lowest BCUT2D eigenvalue weighted by molar-refractivity contribution is -0.121. The number of nitrogens with zero attached hydrogens (tertiary/aromatic N) is 2. The van der Waals surface area contributed by atoms with E-state index in [1.54, 1.807) is 0 Å². The molecule has 2 fully saturated rings. The van der Waals surface area contributed by atoms with Crippen LogP contribution in [0.4, 0.5) is 11.4 Å². The molecule has 0 spiro atoms. The monoisotopic (exact) mass is 301 g/mol. The van der Waals surface area contributed by atoms with Gasteiger partial charge in [0.05, 0.1) is 5.92 Å². The summed E-state index contributed by atoms with van der Waals surface area (Å²) < 4.78 is 0. The van der Waals surface area contributed by atoms with Crippen molar-refractivity contribution >= 4 is 17.3 Å². The first kappa shape index (κ1) is 15.3. The van der Waals surface area contributed by atoms with Gasteiger partial charge in [-0.2, -0.15) is 0 Å². The van der Waals surface area contributed by atoms with Crippen LogP contribution in [0.3, 0.4) is 0 Å². The molecule has 0 bridgehead atoms. The quantitative estimate of drug-likeness (QED) is 0.932. The number of likely N-dealkylation sites (tertiary alicyclic amines) is 1. The Morgan fingerprint density at radius 2 is 1.77 bits per heavy atom. The second-order valence-electron chi connectivity index (χ2n) is 6.69. The summed E-state index contributed by atoms with van der Waals surface area (Å²) in [5, 5.41) is 3.08. The highest BCUT2D eigenvalue weighted by atomic mass is 16.1. The Morgan fingerprint density at radius 3 is 2.45 bits per heavy atom. The molecule has 1 unspecified atom stereocenters. The number of hydrogen-bond donors (Lipinski definition) is 1. The van der Waals surface area contributed by atoms with Crippen LogP contribution in [0.15, 0.2) is 24.3 Å². The molecule has 1 N–H and O–H groups in total. The zero-order valence-electron chi connectivity index (χ0n) is 13.6. The molecule has 1 aromatic carbocycles. The zero-order valence-corrected chi connectivity index (χ0v) is 13.6. The van der Waals surface area contributed by atoms with Gasteiger partial charge in [-0.15, -0.1) is 0 Å². The van der Waals surface area contributed by atoms with E-state index in [0.29, 0.717) is 0 Å². The van der Waals surface area contributed by atoms with Gasteiger partial charge < -0.3 is 15.1 Å². The molecule has 0 aromatic heterocycles. The fraction of sp³-hybridized carbons (Fsp3) is 0.611. The van der Waals surface area contributed by atoms with Crippen molar-refractivity contribution < 1.29 is 4.79 Å². The minimum Gasteiger partial charge on any atom is -0.372 e. The van der Waals surface area contributed by atoms with Crippen LogP contribution in [-0.2, 0) is 4.79 Å². The van der Waals surface area contributed by atoms with Gasteiger partial charge in [-0.3, -0.25) is 4.79 Å². The van der Waals surface area contributed by atoms with Crippen molar-refractivity contribution in [2.24, 2.45) is 5.92 Å². The molecule has 1 amide bonds. The topological polar surface area (TPSA) is 35.6 Å². The lowest BCUT2D eigenvalue weighted by Gasteiger charge is -2.29. The molecule has 4 heteroatoms. The summed E-state index contributed by atoms with van der Waals surface area (Å²) in [6.07, 6.45) is 6.03. The first-order valence-corrected chi connectivity index (χ1v) is 8.57. The fourth-order valence-electron chi connectivity index (χ4n) is 3.53. The van der Waals surface area contributed by atoms with Crippen LogP contribution in [0.25, 0.3) is 0 Å². The Morgan fingerprint density at radius 1 is 1.05 bits per heavy atom. The van der Waals surface area contributed by atoms with Crippen LogP contribution in [0, 0.1) is 5.92 Å². The molecular weight excluding hydrogens is 274 g/mol. The molecule has 2 aliphatic heterocycles. The van der Waals surface area contributed by atoms with Crippen LogP contribution >= 0.6 is 0 Å². The molecule has 0 aliphatic carbocycles. The van der Waals surface area contributed by atoms with Gasteiger partial charge in [0.25, 0.3) is 0 Å². The number of anilines is 2. The van der Waals surface area contributed by atoms with E-state index in [-0.39, 0.29) is 11.8 Å². The molecule has 1 aromatic rings. The van der Waals surface area contributed by atoms with E-state index in [0.717, 1.165) is 44.7 Å². The second-order valence-corrected chi connectivity index (χ2v) is 6.69. The number of hydrogen-bond acceptors (Lipinski definition) is 3. The lowest BCUT2D eigenvalue weighted by Crippen LogP contribution is -2.38. The number of amides is 1. The average molecular weight is 301 g/mol. The molecular formula is C18H27N3O. The van der Waals surface area contributed by atoms with Gasteiger partial charge in [-0.1, -0.05) is 0 Å². The van der Waals surface area contributed by atoms with Gasteiger partial charge in [0.15, 0.2) is 0 Å². The standard InChI is InChI=1S/C18H27N3O/c1-20-11-5-6-15(14-20)18(22)19-16-7-9-17(10-8-16)21-12-3-2-4-13-21/h7-10,15H,2-6,11-14H2,1H3,(H,19,22).